The van der Waals surface area contributed by atoms with Gasteiger partial charge < -0.3 is 15.1 Å². The van der Waals surface area contributed by atoms with Crippen molar-refractivity contribution in [2.45, 2.75) is 44.3 Å². The molecule has 23 heavy (non-hydrogen) atoms. The van der Waals surface area contributed by atoms with Gasteiger partial charge >= 0.3 is 0 Å². The summed E-state index contributed by atoms with van der Waals surface area (Å²) in [6.45, 7) is 5.88. The fourth-order valence-corrected chi connectivity index (χ4v) is 3.79. The standard InChI is InChI=1S/C19H28N4/c1-22-10-8-19(9-11-22)23-12-6-18(7-13-23)21-15-17-4-2-16(14-20)3-5-17/h2-5,18-19,21H,6-13,15H2,1H3. The highest BCUT2D eigenvalue weighted by Crippen LogP contribution is 2.20. The Bertz CT molecular complexity index is 517. The number of hydrogen-bond acceptors (Lipinski definition) is 4. The first-order chi connectivity index (χ1) is 11.2. The first-order valence-electron chi connectivity index (χ1n) is 8.89. The van der Waals surface area contributed by atoms with Crippen molar-refractivity contribution in [2.75, 3.05) is 33.2 Å². The Morgan fingerprint density at radius 3 is 2.30 bits per heavy atom. The van der Waals surface area contributed by atoms with Crippen LogP contribution < -0.4 is 5.32 Å². The first kappa shape index (κ1) is 16.4. The molecule has 0 atom stereocenters. The average molecular weight is 312 g/mol. The average Bonchev–Trinajstić information content (AvgIpc) is 2.61. The van der Waals surface area contributed by atoms with Crippen LogP contribution in [-0.4, -0.2) is 55.1 Å². The zero-order valence-electron chi connectivity index (χ0n) is 14.2. The van der Waals surface area contributed by atoms with Crippen LogP contribution in [0.15, 0.2) is 24.3 Å². The number of rotatable bonds is 4. The molecular formula is C19H28N4. The summed E-state index contributed by atoms with van der Waals surface area (Å²) in [7, 11) is 2.23. The summed E-state index contributed by atoms with van der Waals surface area (Å²) < 4.78 is 0. The van der Waals surface area contributed by atoms with Crippen molar-refractivity contribution in [3.8, 4) is 6.07 Å². The Balaban J connectivity index is 1.39. The molecular weight excluding hydrogens is 284 g/mol. The zero-order valence-corrected chi connectivity index (χ0v) is 14.2. The summed E-state index contributed by atoms with van der Waals surface area (Å²) in [5.41, 5.74) is 2.00. The number of nitrogens with zero attached hydrogens (tertiary/aromatic N) is 3. The number of hydrogen-bond donors (Lipinski definition) is 1. The van der Waals surface area contributed by atoms with Gasteiger partial charge in [0, 0.05) is 18.6 Å². The van der Waals surface area contributed by atoms with Crippen molar-refractivity contribution in [1.82, 2.24) is 15.1 Å². The molecule has 1 N–H and O–H groups in total. The molecule has 1 aromatic rings. The molecule has 0 saturated carbocycles. The van der Waals surface area contributed by atoms with Crippen molar-refractivity contribution >= 4 is 0 Å². The first-order valence-corrected chi connectivity index (χ1v) is 8.89. The van der Waals surface area contributed by atoms with Gasteiger partial charge in [-0.2, -0.15) is 5.26 Å². The summed E-state index contributed by atoms with van der Waals surface area (Å²) in [5, 5.41) is 12.5. The van der Waals surface area contributed by atoms with Crippen LogP contribution in [0.4, 0.5) is 0 Å². The van der Waals surface area contributed by atoms with Gasteiger partial charge in [-0.3, -0.25) is 0 Å². The summed E-state index contributed by atoms with van der Waals surface area (Å²) in [5.74, 6) is 0. The normalized spacial score (nSPS) is 22.1. The third-order valence-corrected chi connectivity index (χ3v) is 5.41. The number of likely N-dealkylation sites (tertiary alicyclic amines) is 2. The van der Waals surface area contributed by atoms with Gasteiger partial charge in [-0.1, -0.05) is 12.1 Å². The number of piperidine rings is 2. The van der Waals surface area contributed by atoms with E-state index >= 15 is 0 Å². The third-order valence-electron chi connectivity index (χ3n) is 5.41. The highest BCUT2D eigenvalue weighted by atomic mass is 15.2. The Morgan fingerprint density at radius 2 is 1.70 bits per heavy atom. The van der Waals surface area contributed by atoms with Crippen LogP contribution in [0, 0.1) is 11.3 Å². The number of nitriles is 1. The van der Waals surface area contributed by atoms with Crippen LogP contribution in [0.1, 0.15) is 36.8 Å². The lowest BCUT2D eigenvalue weighted by Gasteiger charge is -2.41. The maximum absolute atomic E-state index is 8.84. The number of benzene rings is 1. The SMILES string of the molecule is CN1CCC(N2CCC(NCc3ccc(C#N)cc3)CC2)CC1. The summed E-state index contributed by atoms with van der Waals surface area (Å²) in [6, 6.07) is 11.5. The maximum atomic E-state index is 8.84. The molecule has 0 amide bonds. The van der Waals surface area contributed by atoms with Crippen molar-refractivity contribution < 1.29 is 0 Å². The minimum absolute atomic E-state index is 0.633. The van der Waals surface area contributed by atoms with Crippen LogP contribution in [-0.2, 0) is 6.54 Å². The Kier molecular flexibility index (Phi) is 5.66. The van der Waals surface area contributed by atoms with Crippen molar-refractivity contribution in [3.05, 3.63) is 35.4 Å². The fraction of sp³-hybridized carbons (Fsp3) is 0.632. The van der Waals surface area contributed by atoms with Gasteiger partial charge in [-0.25, -0.2) is 0 Å². The molecule has 0 aromatic heterocycles. The second-order valence-corrected chi connectivity index (χ2v) is 7.03. The predicted octanol–water partition coefficient (Wildman–Crippen LogP) is 2.21. The van der Waals surface area contributed by atoms with E-state index in [9.17, 15) is 0 Å². The van der Waals surface area contributed by atoms with E-state index in [1.165, 1.54) is 57.4 Å². The van der Waals surface area contributed by atoms with E-state index in [1.807, 2.05) is 12.1 Å². The molecule has 2 fully saturated rings. The monoisotopic (exact) mass is 312 g/mol. The molecule has 124 valence electrons. The molecule has 0 aliphatic carbocycles. The smallest absolute Gasteiger partial charge is 0.0991 e. The van der Waals surface area contributed by atoms with Crippen LogP contribution in [0.25, 0.3) is 0 Å². The molecule has 3 rings (SSSR count). The van der Waals surface area contributed by atoms with Gasteiger partial charge in [-0.15, -0.1) is 0 Å². The molecule has 2 aliphatic rings. The zero-order chi connectivity index (χ0) is 16.1. The van der Waals surface area contributed by atoms with Crippen molar-refractivity contribution in [1.29, 1.82) is 5.26 Å². The quantitative estimate of drug-likeness (QED) is 0.925. The van der Waals surface area contributed by atoms with E-state index in [2.05, 4.69) is 40.4 Å². The van der Waals surface area contributed by atoms with E-state index < -0.39 is 0 Å². The number of nitrogens with one attached hydrogen (secondary N) is 1. The molecule has 0 bridgehead atoms. The van der Waals surface area contributed by atoms with E-state index in [0.717, 1.165) is 18.2 Å². The lowest BCUT2D eigenvalue weighted by Crippen LogP contribution is -2.49. The molecule has 0 radical (unpaired) electrons. The van der Waals surface area contributed by atoms with Crippen LogP contribution in [0.3, 0.4) is 0 Å². The summed E-state index contributed by atoms with van der Waals surface area (Å²) >= 11 is 0. The van der Waals surface area contributed by atoms with Gasteiger partial charge in [0.1, 0.15) is 0 Å². The molecule has 2 saturated heterocycles. The van der Waals surface area contributed by atoms with Gasteiger partial charge in [0.25, 0.3) is 0 Å². The van der Waals surface area contributed by atoms with E-state index in [0.29, 0.717) is 6.04 Å². The Morgan fingerprint density at radius 1 is 1.04 bits per heavy atom. The second kappa shape index (κ2) is 7.92. The topological polar surface area (TPSA) is 42.3 Å². The minimum atomic E-state index is 0.633. The predicted molar refractivity (Wildman–Crippen MR) is 93.1 cm³/mol. The lowest BCUT2D eigenvalue weighted by atomic mass is 9.98. The highest BCUT2D eigenvalue weighted by Gasteiger charge is 2.26. The summed E-state index contributed by atoms with van der Waals surface area (Å²) in [6.07, 6.45) is 5.17. The molecule has 4 nitrogen and oxygen atoms in total. The Hall–Kier alpha value is -1.41. The van der Waals surface area contributed by atoms with Gasteiger partial charge in [0.05, 0.1) is 11.6 Å². The van der Waals surface area contributed by atoms with Crippen LogP contribution in [0.5, 0.6) is 0 Å². The molecule has 2 heterocycles. The second-order valence-electron chi connectivity index (χ2n) is 7.03. The molecule has 4 heteroatoms. The van der Waals surface area contributed by atoms with E-state index in [1.54, 1.807) is 0 Å². The van der Waals surface area contributed by atoms with Crippen LogP contribution >= 0.6 is 0 Å². The fourth-order valence-electron chi connectivity index (χ4n) is 3.79. The van der Waals surface area contributed by atoms with Crippen molar-refractivity contribution in [3.63, 3.8) is 0 Å². The highest BCUT2D eigenvalue weighted by molar-refractivity contribution is 5.31. The van der Waals surface area contributed by atoms with Crippen LogP contribution in [0.2, 0.25) is 0 Å². The minimum Gasteiger partial charge on any atom is -0.310 e. The van der Waals surface area contributed by atoms with E-state index in [4.69, 9.17) is 5.26 Å². The van der Waals surface area contributed by atoms with E-state index in [-0.39, 0.29) is 0 Å². The Labute approximate surface area is 140 Å². The molecule has 0 unspecified atom stereocenters. The lowest BCUT2D eigenvalue weighted by molar-refractivity contribution is 0.0921. The maximum Gasteiger partial charge on any atom is 0.0991 e. The third kappa shape index (κ3) is 4.54. The largest absolute Gasteiger partial charge is 0.310 e. The van der Waals surface area contributed by atoms with Gasteiger partial charge in [0.2, 0.25) is 0 Å². The molecule has 2 aliphatic heterocycles. The molecule has 0 spiro atoms. The van der Waals surface area contributed by atoms with Gasteiger partial charge in [0.15, 0.2) is 0 Å². The molecule has 1 aromatic carbocycles. The van der Waals surface area contributed by atoms with Gasteiger partial charge in [-0.05, 0) is 76.6 Å². The van der Waals surface area contributed by atoms with Crippen molar-refractivity contribution in [2.24, 2.45) is 0 Å². The summed E-state index contributed by atoms with van der Waals surface area (Å²) in [4.78, 5) is 5.16.